The van der Waals surface area contributed by atoms with Gasteiger partial charge in [-0.25, -0.2) is 4.98 Å². The van der Waals surface area contributed by atoms with E-state index < -0.39 is 0 Å². The lowest BCUT2D eigenvalue weighted by Gasteiger charge is -2.08. The van der Waals surface area contributed by atoms with E-state index >= 15 is 0 Å². The summed E-state index contributed by atoms with van der Waals surface area (Å²) >= 11 is 0. The maximum atomic E-state index is 5.72. The molecule has 0 aliphatic heterocycles. The molecule has 0 N–H and O–H groups in total. The standard InChI is InChI=1S/C17H15NO3/c1-19-15-9-5-6-10-16(15)20-11-14-12-21-17(18-14)13-7-3-2-4-8-13/h2-10,12H,11H2,1H3. The van der Waals surface area contributed by atoms with Gasteiger partial charge in [0, 0.05) is 5.56 Å². The van der Waals surface area contributed by atoms with Crippen molar-refractivity contribution >= 4 is 0 Å². The summed E-state index contributed by atoms with van der Waals surface area (Å²) in [4.78, 5) is 4.42. The minimum absolute atomic E-state index is 0.330. The second-order valence-electron chi connectivity index (χ2n) is 4.45. The molecule has 3 aromatic rings. The van der Waals surface area contributed by atoms with Gasteiger partial charge >= 0.3 is 0 Å². The number of oxazole rings is 1. The van der Waals surface area contributed by atoms with E-state index in [0.717, 1.165) is 11.3 Å². The number of para-hydroxylation sites is 2. The Balaban J connectivity index is 1.71. The van der Waals surface area contributed by atoms with Crippen molar-refractivity contribution in [3.8, 4) is 23.0 Å². The van der Waals surface area contributed by atoms with Gasteiger partial charge in [-0.2, -0.15) is 0 Å². The van der Waals surface area contributed by atoms with Crippen LogP contribution in [0.3, 0.4) is 0 Å². The summed E-state index contributed by atoms with van der Waals surface area (Å²) in [6, 6.07) is 17.3. The van der Waals surface area contributed by atoms with Gasteiger partial charge in [0.25, 0.3) is 0 Å². The molecule has 0 amide bonds. The molecule has 3 rings (SSSR count). The summed E-state index contributed by atoms with van der Waals surface area (Å²) in [5.41, 5.74) is 1.68. The van der Waals surface area contributed by atoms with Crippen LogP contribution in [0.15, 0.2) is 65.3 Å². The number of methoxy groups -OCH3 is 1. The number of rotatable bonds is 5. The lowest BCUT2D eigenvalue weighted by Crippen LogP contribution is -1.97. The number of aromatic nitrogens is 1. The number of benzene rings is 2. The molecule has 0 atom stereocenters. The Kier molecular flexibility index (Phi) is 3.87. The zero-order valence-electron chi connectivity index (χ0n) is 11.7. The molecule has 106 valence electrons. The number of hydrogen-bond acceptors (Lipinski definition) is 4. The molecule has 0 aliphatic rings. The van der Waals surface area contributed by atoms with Crippen molar-refractivity contribution in [3.63, 3.8) is 0 Å². The van der Waals surface area contributed by atoms with Crippen molar-refractivity contribution in [1.29, 1.82) is 0 Å². The molecule has 4 heteroatoms. The Morgan fingerprint density at radius 2 is 1.67 bits per heavy atom. The maximum absolute atomic E-state index is 5.72. The summed E-state index contributed by atoms with van der Waals surface area (Å²) in [6.07, 6.45) is 1.61. The molecular formula is C17H15NO3. The van der Waals surface area contributed by atoms with Crippen molar-refractivity contribution in [1.82, 2.24) is 4.98 Å². The predicted octanol–water partition coefficient (Wildman–Crippen LogP) is 3.93. The van der Waals surface area contributed by atoms with E-state index in [1.807, 2.05) is 54.6 Å². The van der Waals surface area contributed by atoms with E-state index in [0.29, 0.717) is 24.0 Å². The number of ether oxygens (including phenoxy) is 2. The Labute approximate surface area is 123 Å². The molecule has 0 aliphatic carbocycles. The summed E-state index contributed by atoms with van der Waals surface area (Å²) < 4.78 is 16.4. The molecule has 0 spiro atoms. The van der Waals surface area contributed by atoms with Crippen LogP contribution in [0.1, 0.15) is 5.69 Å². The molecule has 4 nitrogen and oxygen atoms in total. The number of nitrogens with zero attached hydrogens (tertiary/aromatic N) is 1. The first-order chi connectivity index (χ1) is 10.4. The van der Waals surface area contributed by atoms with E-state index in [4.69, 9.17) is 13.9 Å². The molecule has 0 radical (unpaired) electrons. The minimum Gasteiger partial charge on any atom is -0.493 e. The number of hydrogen-bond donors (Lipinski definition) is 0. The van der Waals surface area contributed by atoms with Crippen LogP contribution < -0.4 is 9.47 Å². The van der Waals surface area contributed by atoms with Gasteiger partial charge in [0.1, 0.15) is 18.6 Å². The van der Waals surface area contributed by atoms with Crippen LogP contribution in [0.4, 0.5) is 0 Å². The summed E-state index contributed by atoms with van der Waals surface area (Å²) in [5, 5.41) is 0. The second kappa shape index (κ2) is 6.13. The van der Waals surface area contributed by atoms with Gasteiger partial charge in [0.15, 0.2) is 11.5 Å². The average molecular weight is 281 g/mol. The van der Waals surface area contributed by atoms with Gasteiger partial charge in [-0.3, -0.25) is 0 Å². The van der Waals surface area contributed by atoms with Crippen LogP contribution in [-0.2, 0) is 6.61 Å². The van der Waals surface area contributed by atoms with Crippen LogP contribution in [0.2, 0.25) is 0 Å². The quantitative estimate of drug-likeness (QED) is 0.710. The predicted molar refractivity (Wildman–Crippen MR) is 79.3 cm³/mol. The van der Waals surface area contributed by atoms with Gasteiger partial charge < -0.3 is 13.9 Å². The molecule has 2 aromatic carbocycles. The fourth-order valence-electron chi connectivity index (χ4n) is 1.98. The smallest absolute Gasteiger partial charge is 0.226 e. The largest absolute Gasteiger partial charge is 0.493 e. The van der Waals surface area contributed by atoms with Crippen molar-refractivity contribution < 1.29 is 13.9 Å². The van der Waals surface area contributed by atoms with E-state index in [9.17, 15) is 0 Å². The van der Waals surface area contributed by atoms with Crippen molar-refractivity contribution in [2.24, 2.45) is 0 Å². The zero-order valence-corrected chi connectivity index (χ0v) is 11.7. The Morgan fingerprint density at radius 3 is 2.43 bits per heavy atom. The van der Waals surface area contributed by atoms with Gasteiger partial charge in [0.2, 0.25) is 5.89 Å². The Bertz CT molecular complexity index is 707. The van der Waals surface area contributed by atoms with Crippen molar-refractivity contribution in [2.75, 3.05) is 7.11 Å². The SMILES string of the molecule is COc1ccccc1OCc1coc(-c2ccccc2)n1. The van der Waals surface area contributed by atoms with Crippen molar-refractivity contribution in [2.45, 2.75) is 6.61 Å². The van der Waals surface area contributed by atoms with E-state index in [1.165, 1.54) is 0 Å². The molecule has 0 unspecified atom stereocenters. The maximum Gasteiger partial charge on any atom is 0.226 e. The van der Waals surface area contributed by atoms with Crippen LogP contribution in [0.25, 0.3) is 11.5 Å². The lowest BCUT2D eigenvalue weighted by atomic mass is 10.2. The van der Waals surface area contributed by atoms with E-state index in [-0.39, 0.29) is 0 Å². The average Bonchev–Trinajstić information content (AvgIpc) is 3.03. The summed E-state index contributed by atoms with van der Waals surface area (Å²) in [7, 11) is 1.62. The van der Waals surface area contributed by atoms with Crippen LogP contribution in [0.5, 0.6) is 11.5 Å². The first-order valence-electron chi connectivity index (χ1n) is 6.62. The van der Waals surface area contributed by atoms with Gasteiger partial charge in [0.05, 0.1) is 7.11 Å². The lowest BCUT2D eigenvalue weighted by molar-refractivity contribution is 0.280. The highest BCUT2D eigenvalue weighted by Crippen LogP contribution is 2.27. The normalized spacial score (nSPS) is 10.3. The summed E-state index contributed by atoms with van der Waals surface area (Å²) in [5.74, 6) is 1.97. The minimum atomic E-state index is 0.330. The Hall–Kier alpha value is -2.75. The molecular weight excluding hydrogens is 266 g/mol. The molecule has 0 bridgehead atoms. The molecule has 0 fully saturated rings. The first-order valence-corrected chi connectivity index (χ1v) is 6.62. The van der Waals surface area contributed by atoms with E-state index in [2.05, 4.69) is 4.98 Å². The van der Waals surface area contributed by atoms with Crippen LogP contribution >= 0.6 is 0 Å². The molecule has 1 heterocycles. The third kappa shape index (κ3) is 3.05. The van der Waals surface area contributed by atoms with Gasteiger partial charge in [-0.15, -0.1) is 0 Å². The third-order valence-electron chi connectivity index (χ3n) is 3.02. The first kappa shape index (κ1) is 13.2. The second-order valence-corrected chi connectivity index (χ2v) is 4.45. The van der Waals surface area contributed by atoms with Gasteiger partial charge in [-0.05, 0) is 24.3 Å². The van der Waals surface area contributed by atoms with Gasteiger partial charge in [-0.1, -0.05) is 30.3 Å². The molecule has 0 saturated heterocycles. The molecule has 1 aromatic heterocycles. The zero-order chi connectivity index (χ0) is 14.5. The third-order valence-corrected chi connectivity index (χ3v) is 3.02. The van der Waals surface area contributed by atoms with Crippen LogP contribution in [-0.4, -0.2) is 12.1 Å². The fourth-order valence-corrected chi connectivity index (χ4v) is 1.98. The van der Waals surface area contributed by atoms with E-state index in [1.54, 1.807) is 13.4 Å². The van der Waals surface area contributed by atoms with Crippen LogP contribution in [0, 0.1) is 0 Å². The highest BCUT2D eigenvalue weighted by Gasteiger charge is 2.08. The Morgan fingerprint density at radius 1 is 0.952 bits per heavy atom. The summed E-state index contributed by atoms with van der Waals surface area (Å²) in [6.45, 7) is 0.330. The molecule has 21 heavy (non-hydrogen) atoms. The highest BCUT2D eigenvalue weighted by molar-refractivity contribution is 5.52. The highest BCUT2D eigenvalue weighted by atomic mass is 16.5. The molecule has 0 saturated carbocycles. The van der Waals surface area contributed by atoms with Crippen molar-refractivity contribution in [3.05, 3.63) is 66.6 Å². The topological polar surface area (TPSA) is 44.5 Å². The fraction of sp³-hybridized carbons (Fsp3) is 0.118. The monoisotopic (exact) mass is 281 g/mol.